The number of nitrogens with two attached hydrogens (primary N) is 1. The molecule has 1 aromatic heterocycles. The zero-order valence-electron chi connectivity index (χ0n) is 13.9. The number of H-pyrrole nitrogens is 1. The van der Waals surface area contributed by atoms with Crippen LogP contribution in [0.2, 0.25) is 0 Å². The van der Waals surface area contributed by atoms with Gasteiger partial charge >= 0.3 is 0 Å². The van der Waals surface area contributed by atoms with Crippen LogP contribution in [0.4, 0.5) is 0 Å². The number of aromatic hydroxyl groups is 1. The van der Waals surface area contributed by atoms with Crippen molar-refractivity contribution >= 4 is 28.4 Å². The maximum absolute atomic E-state index is 12.6. The van der Waals surface area contributed by atoms with Gasteiger partial charge in [-0.3, -0.25) is 15.3 Å². The topological polar surface area (TPSA) is 153 Å². The Bertz CT molecular complexity index is 775. The number of nitrogens with zero attached hydrogens (tertiary/aromatic N) is 2. The summed E-state index contributed by atoms with van der Waals surface area (Å²) in [5.74, 6) is -0.484. The normalized spacial score (nSPS) is 21.7. The molecule has 0 fully saturated rings. The van der Waals surface area contributed by atoms with E-state index in [9.17, 15) is 14.7 Å². The van der Waals surface area contributed by atoms with E-state index in [-0.39, 0.29) is 17.2 Å². The van der Waals surface area contributed by atoms with Crippen molar-refractivity contribution in [2.45, 2.75) is 38.4 Å². The van der Waals surface area contributed by atoms with Crippen LogP contribution in [0.1, 0.15) is 38.4 Å². The predicted molar refractivity (Wildman–Crippen MR) is 96.2 cm³/mol. The zero-order chi connectivity index (χ0) is 18.6. The van der Waals surface area contributed by atoms with E-state index in [1.165, 1.54) is 17.8 Å². The molecule has 0 radical (unpaired) electrons. The molecule has 0 spiro atoms. The molecular weight excluding hydrogens is 346 g/mol. The third-order valence-corrected chi connectivity index (χ3v) is 4.94. The standard InChI is InChI=1S/C15H21N5O4S/c1-3-4-10(11-5-9(21)6-12(22)17-11)18-14(23)15(16)7-25-13(19-15)8(2)20-24/h5-6,10,24H,3-4,7,16H2,1-2H3,(H,18,23)(H2,17,21,22)/b20-8+/t10-,15+/m1/s1. The van der Waals surface area contributed by atoms with E-state index in [0.29, 0.717) is 17.2 Å². The molecule has 136 valence electrons. The lowest BCUT2D eigenvalue weighted by Gasteiger charge is -2.24. The molecule has 0 aromatic carbocycles. The number of nitrogens with one attached hydrogen (secondary N) is 2. The van der Waals surface area contributed by atoms with Crippen molar-refractivity contribution in [3.8, 4) is 5.75 Å². The Morgan fingerprint density at radius 3 is 2.92 bits per heavy atom. The van der Waals surface area contributed by atoms with Gasteiger partial charge in [-0.2, -0.15) is 0 Å². The van der Waals surface area contributed by atoms with Gasteiger partial charge in [0.25, 0.3) is 11.5 Å². The highest BCUT2D eigenvalue weighted by Crippen LogP contribution is 2.27. The summed E-state index contributed by atoms with van der Waals surface area (Å²) in [6.45, 7) is 3.49. The summed E-state index contributed by atoms with van der Waals surface area (Å²) in [6.07, 6.45) is 1.28. The number of aromatic nitrogens is 1. The van der Waals surface area contributed by atoms with Crippen molar-refractivity contribution in [1.82, 2.24) is 10.3 Å². The van der Waals surface area contributed by atoms with E-state index < -0.39 is 23.2 Å². The van der Waals surface area contributed by atoms with Crippen molar-refractivity contribution in [3.63, 3.8) is 0 Å². The minimum atomic E-state index is -1.49. The number of hydrogen-bond donors (Lipinski definition) is 5. The lowest BCUT2D eigenvalue weighted by molar-refractivity contribution is -0.126. The number of rotatable bonds is 6. The molecule has 0 saturated carbocycles. The molecule has 1 aromatic rings. The summed E-state index contributed by atoms with van der Waals surface area (Å²) in [7, 11) is 0. The van der Waals surface area contributed by atoms with Crippen LogP contribution in [-0.2, 0) is 4.79 Å². The Hall–Kier alpha value is -2.33. The number of carbonyl (C=O) groups is 1. The second-order valence-corrected chi connectivity index (χ2v) is 6.75. The monoisotopic (exact) mass is 367 g/mol. The van der Waals surface area contributed by atoms with Crippen LogP contribution in [0.5, 0.6) is 5.75 Å². The highest BCUT2D eigenvalue weighted by molar-refractivity contribution is 8.16. The van der Waals surface area contributed by atoms with Gasteiger partial charge in [0.15, 0.2) is 5.66 Å². The fraction of sp³-hybridized carbons (Fsp3) is 0.467. The highest BCUT2D eigenvalue weighted by Gasteiger charge is 2.40. The molecule has 2 atom stereocenters. The summed E-state index contributed by atoms with van der Waals surface area (Å²) >= 11 is 1.23. The highest BCUT2D eigenvalue weighted by atomic mass is 32.2. The van der Waals surface area contributed by atoms with Gasteiger partial charge in [-0.15, -0.1) is 11.8 Å². The first-order chi connectivity index (χ1) is 11.8. The number of carbonyl (C=O) groups excluding carboxylic acids is 1. The molecule has 6 N–H and O–H groups in total. The Labute approximate surface area is 148 Å². The number of aromatic amines is 1. The Balaban J connectivity index is 2.23. The third kappa shape index (κ3) is 4.40. The van der Waals surface area contributed by atoms with Crippen LogP contribution in [-0.4, -0.2) is 43.4 Å². The first kappa shape index (κ1) is 19.0. The summed E-state index contributed by atoms with van der Waals surface area (Å²) in [6, 6.07) is 1.93. The second-order valence-electron chi connectivity index (χ2n) is 5.79. The van der Waals surface area contributed by atoms with Crippen LogP contribution in [0, 0.1) is 0 Å². The van der Waals surface area contributed by atoms with Gasteiger partial charge in [0.2, 0.25) is 0 Å². The van der Waals surface area contributed by atoms with Crippen LogP contribution < -0.4 is 16.6 Å². The lowest BCUT2D eigenvalue weighted by atomic mass is 10.1. The van der Waals surface area contributed by atoms with Crippen LogP contribution in [0.15, 0.2) is 27.1 Å². The molecule has 25 heavy (non-hydrogen) atoms. The van der Waals surface area contributed by atoms with Gasteiger partial charge < -0.3 is 20.6 Å². The quantitative estimate of drug-likeness (QED) is 0.283. The van der Waals surface area contributed by atoms with Gasteiger partial charge in [0, 0.05) is 23.6 Å². The first-order valence-electron chi connectivity index (χ1n) is 7.74. The van der Waals surface area contributed by atoms with Crippen molar-refractivity contribution in [2.75, 3.05) is 5.75 Å². The molecule has 2 heterocycles. The number of thioether (sulfide) groups is 1. The van der Waals surface area contributed by atoms with Crippen molar-refractivity contribution < 1.29 is 15.1 Å². The second kappa shape index (κ2) is 7.70. The average Bonchev–Trinajstić information content (AvgIpc) is 2.96. The predicted octanol–water partition coefficient (Wildman–Crippen LogP) is 0.688. The summed E-state index contributed by atoms with van der Waals surface area (Å²) in [5, 5.41) is 24.7. The van der Waals surface area contributed by atoms with Crippen LogP contribution in [0.3, 0.4) is 0 Å². The average molecular weight is 367 g/mol. The lowest BCUT2D eigenvalue weighted by Crippen LogP contribution is -2.54. The number of oxime groups is 1. The largest absolute Gasteiger partial charge is 0.508 e. The van der Waals surface area contributed by atoms with E-state index in [1.54, 1.807) is 6.92 Å². The van der Waals surface area contributed by atoms with Crippen LogP contribution >= 0.6 is 11.8 Å². The summed E-state index contributed by atoms with van der Waals surface area (Å²) in [5.41, 5.74) is 4.82. The molecule has 0 saturated heterocycles. The minimum absolute atomic E-state index is 0.178. The van der Waals surface area contributed by atoms with E-state index in [1.807, 2.05) is 6.92 Å². The number of aliphatic imine (C=N–C) groups is 1. The SMILES string of the molecule is CCC[C@@H](NC(=O)[C@]1(N)CSC(/C(C)=N/O)=N1)c1cc(O)cc(=O)[nH]1. The molecule has 1 aliphatic rings. The van der Waals surface area contributed by atoms with Crippen molar-refractivity contribution in [3.05, 3.63) is 28.2 Å². The molecule has 2 rings (SSSR count). The zero-order valence-corrected chi connectivity index (χ0v) is 14.8. The Kier molecular flexibility index (Phi) is 5.85. The van der Waals surface area contributed by atoms with Crippen LogP contribution in [0.25, 0.3) is 0 Å². The molecule has 0 unspecified atom stereocenters. The Morgan fingerprint density at radius 1 is 1.60 bits per heavy atom. The third-order valence-electron chi connectivity index (χ3n) is 3.69. The molecule has 0 aliphatic carbocycles. The maximum Gasteiger partial charge on any atom is 0.264 e. The van der Waals surface area contributed by atoms with Gasteiger partial charge in [-0.25, -0.2) is 4.99 Å². The molecule has 1 amide bonds. The molecule has 1 aliphatic heterocycles. The fourth-order valence-corrected chi connectivity index (χ4v) is 3.41. The van der Waals surface area contributed by atoms with E-state index in [0.717, 1.165) is 12.5 Å². The molecular formula is C15H21N5O4S. The van der Waals surface area contributed by atoms with Gasteiger partial charge in [-0.1, -0.05) is 18.5 Å². The Morgan fingerprint density at radius 2 is 2.32 bits per heavy atom. The van der Waals surface area contributed by atoms with E-state index in [2.05, 4.69) is 20.4 Å². The van der Waals surface area contributed by atoms with E-state index >= 15 is 0 Å². The fourth-order valence-electron chi connectivity index (χ4n) is 2.38. The number of amides is 1. The summed E-state index contributed by atoms with van der Waals surface area (Å²) < 4.78 is 0. The van der Waals surface area contributed by atoms with Crippen molar-refractivity contribution in [1.29, 1.82) is 0 Å². The van der Waals surface area contributed by atoms with Gasteiger partial charge in [0.05, 0.1) is 6.04 Å². The van der Waals surface area contributed by atoms with Gasteiger partial charge in [-0.05, 0) is 13.3 Å². The number of hydrogen-bond acceptors (Lipinski definition) is 8. The van der Waals surface area contributed by atoms with Crippen molar-refractivity contribution in [2.24, 2.45) is 15.9 Å². The maximum atomic E-state index is 12.6. The number of pyridine rings is 1. The smallest absolute Gasteiger partial charge is 0.264 e. The first-order valence-corrected chi connectivity index (χ1v) is 8.72. The van der Waals surface area contributed by atoms with Gasteiger partial charge in [0.1, 0.15) is 16.5 Å². The molecule has 9 nitrogen and oxygen atoms in total. The molecule has 0 bridgehead atoms. The van der Waals surface area contributed by atoms with E-state index in [4.69, 9.17) is 10.9 Å². The molecule has 10 heteroatoms. The minimum Gasteiger partial charge on any atom is -0.508 e. The summed E-state index contributed by atoms with van der Waals surface area (Å²) in [4.78, 5) is 31.0.